The quantitative estimate of drug-likeness (QED) is 0.0769. The van der Waals surface area contributed by atoms with E-state index in [1.165, 1.54) is 0 Å². The van der Waals surface area contributed by atoms with E-state index < -0.39 is 206 Å². The van der Waals surface area contributed by atoms with E-state index in [-0.39, 0.29) is 0 Å². The van der Waals surface area contributed by atoms with Gasteiger partial charge < -0.3 is 139 Å². The Morgan fingerprint density at radius 2 is 0.770 bits per heavy atom. The zero-order chi connectivity index (χ0) is 44.6. The zero-order valence-electron chi connectivity index (χ0n) is 31.9. The molecule has 6 fully saturated rings. The summed E-state index contributed by atoms with van der Waals surface area (Å²) in [4.78, 5) is 0. The molecule has 6 aliphatic rings. The molecule has 0 radical (unpaired) electrons. The first kappa shape index (κ1) is 49.3. The second-order valence-electron chi connectivity index (χ2n) is 15.5. The van der Waals surface area contributed by atoms with Crippen LogP contribution >= 0.6 is 0 Å². The summed E-state index contributed by atoms with van der Waals surface area (Å²) in [5.41, 5.74) is 0. The maximum Gasteiger partial charge on any atom is 0.187 e. The highest BCUT2D eigenvalue weighted by molar-refractivity contribution is 4.97. The van der Waals surface area contributed by atoms with Gasteiger partial charge in [-0.3, -0.25) is 0 Å². The predicted molar refractivity (Wildman–Crippen MR) is 181 cm³/mol. The molecule has 6 rings (SSSR count). The first-order valence-corrected chi connectivity index (χ1v) is 19.4. The van der Waals surface area contributed by atoms with Crippen molar-refractivity contribution in [3.05, 3.63) is 0 Å². The van der Waals surface area contributed by atoms with Crippen molar-refractivity contribution in [2.75, 3.05) is 39.6 Å². The van der Waals surface area contributed by atoms with Gasteiger partial charge in [0.2, 0.25) is 0 Å². The van der Waals surface area contributed by atoms with Gasteiger partial charge in [0.1, 0.15) is 128 Å². The Kier molecular flexibility index (Phi) is 17.0. The van der Waals surface area contributed by atoms with Crippen molar-refractivity contribution in [1.82, 2.24) is 0 Å². The highest BCUT2D eigenvalue weighted by Gasteiger charge is 2.55. The normalized spacial score (nSPS) is 53.6. The zero-order valence-corrected chi connectivity index (χ0v) is 31.9. The fourth-order valence-corrected chi connectivity index (χ4v) is 7.52. The number of ether oxygens (including phenoxy) is 11. The van der Waals surface area contributed by atoms with Gasteiger partial charge in [0, 0.05) is 0 Å². The number of rotatable bonds is 14. The predicted octanol–water partition coefficient (Wildman–Crippen LogP) is -12.2. The Hall–Kier alpha value is -1.12. The van der Waals surface area contributed by atoms with Gasteiger partial charge in [-0.05, 0) is 0 Å². The van der Waals surface area contributed by atoms with Gasteiger partial charge in [-0.1, -0.05) is 0 Å². The summed E-state index contributed by atoms with van der Waals surface area (Å²) in [7, 11) is 0. The molecule has 0 unspecified atom stereocenters. The molecule has 6 heterocycles. The lowest BCUT2D eigenvalue weighted by molar-refractivity contribution is -0.384. The first-order valence-electron chi connectivity index (χ1n) is 19.4. The molecule has 0 aromatic carbocycles. The van der Waals surface area contributed by atoms with Crippen LogP contribution in [0.5, 0.6) is 0 Å². The maximum absolute atomic E-state index is 11.4. The van der Waals surface area contributed by atoms with E-state index in [9.17, 15) is 86.8 Å². The number of hydrogen-bond acceptors (Lipinski definition) is 28. The minimum atomic E-state index is -2.14. The maximum atomic E-state index is 11.4. The molecule has 28 heteroatoms. The molecule has 27 atom stereocenters. The third-order valence-electron chi connectivity index (χ3n) is 11.3. The van der Waals surface area contributed by atoms with Crippen molar-refractivity contribution < 1.29 is 139 Å². The average Bonchev–Trinajstić information content (AvgIpc) is 3.52. The van der Waals surface area contributed by atoms with E-state index >= 15 is 0 Å². The smallest absolute Gasteiger partial charge is 0.187 e. The highest BCUT2D eigenvalue weighted by Crippen LogP contribution is 2.34. The summed E-state index contributed by atoms with van der Waals surface area (Å²) < 4.78 is 60.9. The summed E-state index contributed by atoms with van der Waals surface area (Å²) in [6, 6.07) is 0. The molecule has 0 aliphatic carbocycles. The molecule has 0 bridgehead atoms. The second-order valence-corrected chi connectivity index (χ2v) is 15.5. The number of aliphatic hydroxyl groups excluding tert-OH is 17. The molecule has 0 aromatic rings. The molecular formula is C33H56O28. The van der Waals surface area contributed by atoms with Gasteiger partial charge in [0.25, 0.3) is 0 Å². The second kappa shape index (κ2) is 21.0. The van der Waals surface area contributed by atoms with Crippen molar-refractivity contribution in [3.63, 3.8) is 0 Å². The van der Waals surface area contributed by atoms with Crippen LogP contribution in [0.2, 0.25) is 0 Å². The van der Waals surface area contributed by atoms with Gasteiger partial charge in [-0.2, -0.15) is 0 Å². The Morgan fingerprint density at radius 1 is 0.344 bits per heavy atom. The van der Waals surface area contributed by atoms with Crippen molar-refractivity contribution in [1.29, 1.82) is 0 Å². The van der Waals surface area contributed by atoms with Crippen LogP contribution in [-0.2, 0) is 52.1 Å². The van der Waals surface area contributed by atoms with Crippen LogP contribution in [0.15, 0.2) is 0 Å². The molecule has 17 N–H and O–H groups in total. The van der Waals surface area contributed by atoms with E-state index in [2.05, 4.69) is 0 Å². The summed E-state index contributed by atoms with van der Waals surface area (Å²) in [6.07, 6.45) is -48.1. The summed E-state index contributed by atoms with van der Waals surface area (Å²) in [6.45, 7) is -4.14. The largest absolute Gasteiger partial charge is 0.394 e. The molecule has 6 saturated heterocycles. The Balaban J connectivity index is 1.17. The Bertz CT molecular complexity index is 1360. The topological polar surface area (TPSA) is 445 Å². The molecule has 0 amide bonds. The first-order chi connectivity index (χ1) is 28.9. The van der Waals surface area contributed by atoms with Crippen LogP contribution in [0.1, 0.15) is 0 Å². The molecule has 0 saturated carbocycles. The van der Waals surface area contributed by atoms with Gasteiger partial charge in [0.05, 0.1) is 39.6 Å². The van der Waals surface area contributed by atoms with E-state index in [4.69, 9.17) is 52.1 Å². The van der Waals surface area contributed by atoms with Crippen molar-refractivity contribution >= 4 is 0 Å². The summed E-state index contributed by atoms with van der Waals surface area (Å²) in [5, 5.41) is 177. The van der Waals surface area contributed by atoms with Gasteiger partial charge >= 0.3 is 0 Å². The Labute approximate surface area is 344 Å². The number of hydrogen-bond donors (Lipinski definition) is 17. The van der Waals surface area contributed by atoms with E-state index in [1.807, 2.05) is 0 Å². The van der Waals surface area contributed by atoms with Crippen LogP contribution in [0, 0.1) is 0 Å². The van der Waals surface area contributed by atoms with Gasteiger partial charge in [-0.15, -0.1) is 0 Å². The van der Waals surface area contributed by atoms with E-state index in [1.54, 1.807) is 0 Å². The van der Waals surface area contributed by atoms with Crippen LogP contribution in [0.3, 0.4) is 0 Å². The van der Waals surface area contributed by atoms with Crippen molar-refractivity contribution in [3.8, 4) is 0 Å². The van der Waals surface area contributed by atoms with Crippen molar-refractivity contribution in [2.45, 2.75) is 166 Å². The van der Waals surface area contributed by atoms with Crippen LogP contribution < -0.4 is 0 Å². The lowest BCUT2D eigenvalue weighted by Crippen LogP contribution is -2.67. The standard InChI is InChI=1S/C33H56O28/c34-1-9-15(40)22(47)30(56-9)61-27-14(39)8(37)4-52-33(27)54-5-11-16(41)17(42)23(48)31(57-11)60-26-12(6-53-29-21(46)13(38)7(36)3-51-29)58-32(24(49)19(26)44)59-25-10(2-35)55-28(50)20(45)18(25)43/h7-50H,1-6H2/t7-,8-,9+,10-,11-,12-,13+,14+,15+,16-,17+,18-,19-,20-,21-,22-,23-,24-,25-,26-,27-,28-,29-,30+,31+,32+,33-/m1/s1. The molecule has 61 heavy (non-hydrogen) atoms. The minimum absolute atomic E-state index is 0.495. The van der Waals surface area contributed by atoms with E-state index in [0.717, 1.165) is 0 Å². The van der Waals surface area contributed by atoms with Crippen molar-refractivity contribution in [2.24, 2.45) is 0 Å². The third-order valence-corrected chi connectivity index (χ3v) is 11.3. The lowest BCUT2D eigenvalue weighted by Gasteiger charge is -2.48. The minimum Gasteiger partial charge on any atom is -0.394 e. The molecule has 6 aliphatic heterocycles. The monoisotopic (exact) mass is 900 g/mol. The van der Waals surface area contributed by atoms with Gasteiger partial charge in [0.15, 0.2) is 37.7 Å². The highest BCUT2D eigenvalue weighted by atomic mass is 16.8. The average molecular weight is 901 g/mol. The fraction of sp³-hybridized carbons (Fsp3) is 1.00. The van der Waals surface area contributed by atoms with Crippen LogP contribution in [0.25, 0.3) is 0 Å². The number of aliphatic hydroxyl groups is 17. The SMILES string of the molecule is OC[C@@H]1O[C@@H](O[C@H]2[C@@H](OC[C@H]3O[C@@H](O[C@H]4[C@H](O)[C@@H](O)[C@H](O[C@H]5[C@H](O)[C@@H](O)[C@H](O)O[C@@H]5CO)O[C@@H]4CO[C@H]4OC[C@@H](O)[C@H](O)[C@H]4O)[C@H](O)[C@@H](O)[C@@H]3O)OC[C@@H](O)[C@@H]2O)[C@H](O)[C@H]1O. The van der Waals surface area contributed by atoms with Gasteiger partial charge in [-0.25, -0.2) is 0 Å². The van der Waals surface area contributed by atoms with E-state index in [0.29, 0.717) is 0 Å². The molecule has 0 aromatic heterocycles. The third kappa shape index (κ3) is 10.5. The molecule has 0 spiro atoms. The summed E-state index contributed by atoms with van der Waals surface area (Å²) >= 11 is 0. The molecular weight excluding hydrogens is 844 g/mol. The molecule has 356 valence electrons. The summed E-state index contributed by atoms with van der Waals surface area (Å²) in [5.74, 6) is 0. The molecule has 28 nitrogen and oxygen atoms in total. The van der Waals surface area contributed by atoms with Crippen LogP contribution in [-0.4, -0.2) is 292 Å². The Morgan fingerprint density at radius 3 is 1.38 bits per heavy atom. The lowest BCUT2D eigenvalue weighted by atomic mass is 9.96. The fourth-order valence-electron chi connectivity index (χ4n) is 7.52. The van der Waals surface area contributed by atoms with Crippen LogP contribution in [0.4, 0.5) is 0 Å².